The van der Waals surface area contributed by atoms with Gasteiger partial charge in [-0.3, -0.25) is 0 Å². The Hall–Kier alpha value is -1.39. The lowest BCUT2D eigenvalue weighted by atomic mass is 10.2. The van der Waals surface area contributed by atoms with Crippen LogP contribution in [0.3, 0.4) is 0 Å². The molecule has 0 aromatic heterocycles. The van der Waals surface area contributed by atoms with Crippen LogP contribution in [0.15, 0.2) is 40.9 Å². The third-order valence-electron chi connectivity index (χ3n) is 2.80. The third kappa shape index (κ3) is 4.55. The molecule has 0 saturated carbocycles. The van der Waals surface area contributed by atoms with E-state index in [9.17, 15) is 5.11 Å². The van der Waals surface area contributed by atoms with Gasteiger partial charge in [0, 0.05) is 12.2 Å². The predicted molar refractivity (Wildman–Crippen MR) is 90.3 cm³/mol. The molecule has 0 aliphatic carbocycles. The molecule has 2 rings (SSSR count). The lowest BCUT2D eigenvalue weighted by Gasteiger charge is -2.13. The summed E-state index contributed by atoms with van der Waals surface area (Å²) in [5, 5.41) is 13.3. The molecule has 2 N–H and O–H groups in total. The van der Waals surface area contributed by atoms with Crippen LogP contribution in [0, 0.1) is 0 Å². The van der Waals surface area contributed by atoms with Crippen molar-refractivity contribution in [3.05, 3.63) is 51.5 Å². The van der Waals surface area contributed by atoms with Crippen LogP contribution in [0.1, 0.15) is 19.4 Å². The smallest absolute Gasteiger partial charge is 0.138 e. The fourth-order valence-corrected chi connectivity index (χ4v) is 2.48. The fraction of sp³-hybridized carbons (Fsp3) is 0.250. The molecule has 5 heteroatoms. The molecule has 0 spiro atoms. The van der Waals surface area contributed by atoms with Gasteiger partial charge in [-0.05, 0) is 65.7 Å². The molecule has 21 heavy (non-hydrogen) atoms. The maximum atomic E-state index is 9.47. The van der Waals surface area contributed by atoms with Gasteiger partial charge < -0.3 is 15.2 Å². The Bertz CT molecular complexity index is 632. The summed E-state index contributed by atoms with van der Waals surface area (Å²) in [5.74, 6) is 0.918. The molecule has 0 aliphatic rings. The molecule has 0 bridgehead atoms. The molecular weight excluding hydrogens is 354 g/mol. The van der Waals surface area contributed by atoms with Crippen LogP contribution in [-0.4, -0.2) is 11.2 Å². The van der Waals surface area contributed by atoms with Crippen molar-refractivity contribution in [3.63, 3.8) is 0 Å². The van der Waals surface area contributed by atoms with Gasteiger partial charge in [-0.25, -0.2) is 0 Å². The Morgan fingerprint density at radius 2 is 2.00 bits per heavy atom. The van der Waals surface area contributed by atoms with Crippen molar-refractivity contribution in [1.82, 2.24) is 0 Å². The van der Waals surface area contributed by atoms with E-state index >= 15 is 0 Å². The predicted octanol–water partition coefficient (Wildman–Crippen LogP) is 5.21. The second kappa shape index (κ2) is 7.05. The number of aromatic hydroxyl groups is 1. The lowest BCUT2D eigenvalue weighted by Crippen LogP contribution is -2.06. The Balaban J connectivity index is 2.03. The van der Waals surface area contributed by atoms with Gasteiger partial charge in [-0.15, -0.1) is 0 Å². The van der Waals surface area contributed by atoms with Crippen molar-refractivity contribution >= 4 is 33.2 Å². The monoisotopic (exact) mass is 369 g/mol. The van der Waals surface area contributed by atoms with Gasteiger partial charge >= 0.3 is 0 Å². The van der Waals surface area contributed by atoms with E-state index in [0.717, 1.165) is 11.3 Å². The number of hydrogen-bond donors (Lipinski definition) is 2. The van der Waals surface area contributed by atoms with Crippen molar-refractivity contribution in [2.45, 2.75) is 26.5 Å². The summed E-state index contributed by atoms with van der Waals surface area (Å²) in [5.41, 5.74) is 1.97. The average Bonchev–Trinajstić information content (AvgIpc) is 2.42. The summed E-state index contributed by atoms with van der Waals surface area (Å²) in [7, 11) is 0. The number of phenolic OH excluding ortho intramolecular Hbond substituents is 1. The summed E-state index contributed by atoms with van der Waals surface area (Å²) < 4.78 is 6.28. The standard InChI is InChI=1S/C16H17BrClNO2/c1-10(2)21-16-6-4-12(8-14(16)18)19-9-11-3-5-15(20)13(17)7-11/h3-8,10,19-20H,9H2,1-2H3. The number of phenols is 1. The summed E-state index contributed by atoms with van der Waals surface area (Å²) in [6, 6.07) is 11.0. The number of halogens is 2. The van der Waals surface area contributed by atoms with E-state index in [1.54, 1.807) is 6.07 Å². The molecule has 3 nitrogen and oxygen atoms in total. The minimum Gasteiger partial charge on any atom is -0.507 e. The van der Waals surface area contributed by atoms with Gasteiger partial charge in [0.1, 0.15) is 11.5 Å². The van der Waals surface area contributed by atoms with E-state index in [0.29, 0.717) is 21.8 Å². The molecule has 0 atom stereocenters. The van der Waals surface area contributed by atoms with E-state index in [1.807, 2.05) is 44.2 Å². The first-order valence-corrected chi connectivity index (χ1v) is 7.80. The Kier molecular flexibility index (Phi) is 5.37. The topological polar surface area (TPSA) is 41.5 Å². The first-order chi connectivity index (χ1) is 9.95. The van der Waals surface area contributed by atoms with E-state index < -0.39 is 0 Å². The second-order valence-corrected chi connectivity index (χ2v) is 6.21. The summed E-state index contributed by atoms with van der Waals surface area (Å²) >= 11 is 9.50. The van der Waals surface area contributed by atoms with Crippen LogP contribution in [0.5, 0.6) is 11.5 Å². The van der Waals surface area contributed by atoms with Gasteiger partial charge in [-0.1, -0.05) is 17.7 Å². The average molecular weight is 371 g/mol. The molecule has 2 aromatic carbocycles. The van der Waals surface area contributed by atoms with E-state index in [4.69, 9.17) is 16.3 Å². The largest absolute Gasteiger partial charge is 0.507 e. The Labute approximate surface area is 138 Å². The number of anilines is 1. The minimum absolute atomic E-state index is 0.0932. The normalized spacial score (nSPS) is 10.7. The van der Waals surface area contributed by atoms with Gasteiger partial charge in [0.2, 0.25) is 0 Å². The molecule has 2 aromatic rings. The molecule has 112 valence electrons. The van der Waals surface area contributed by atoms with E-state index in [2.05, 4.69) is 21.2 Å². The molecule has 0 aliphatic heterocycles. The summed E-state index contributed by atoms with van der Waals surface area (Å²) in [6.45, 7) is 4.57. The first-order valence-electron chi connectivity index (χ1n) is 6.63. The summed E-state index contributed by atoms with van der Waals surface area (Å²) in [4.78, 5) is 0. The number of rotatable bonds is 5. The van der Waals surface area contributed by atoms with Crippen LogP contribution < -0.4 is 10.1 Å². The Morgan fingerprint density at radius 1 is 1.24 bits per heavy atom. The zero-order valence-electron chi connectivity index (χ0n) is 11.9. The molecule has 0 fully saturated rings. The van der Waals surface area contributed by atoms with Gasteiger partial charge in [0.25, 0.3) is 0 Å². The van der Waals surface area contributed by atoms with Crippen molar-refractivity contribution in [2.75, 3.05) is 5.32 Å². The van der Waals surface area contributed by atoms with Crippen molar-refractivity contribution in [2.24, 2.45) is 0 Å². The van der Waals surface area contributed by atoms with Crippen LogP contribution >= 0.6 is 27.5 Å². The van der Waals surface area contributed by atoms with E-state index in [-0.39, 0.29) is 11.9 Å². The maximum absolute atomic E-state index is 9.47. The van der Waals surface area contributed by atoms with Crippen LogP contribution in [0.4, 0.5) is 5.69 Å². The molecule has 0 unspecified atom stereocenters. The maximum Gasteiger partial charge on any atom is 0.138 e. The highest BCUT2D eigenvalue weighted by Crippen LogP contribution is 2.29. The SMILES string of the molecule is CC(C)Oc1ccc(NCc2ccc(O)c(Br)c2)cc1Cl. The first kappa shape index (κ1) is 16.0. The molecule has 0 radical (unpaired) electrons. The van der Waals surface area contributed by atoms with Crippen LogP contribution in [0.25, 0.3) is 0 Å². The number of nitrogens with one attached hydrogen (secondary N) is 1. The molecular formula is C16H17BrClNO2. The van der Waals surface area contributed by atoms with Gasteiger partial charge in [-0.2, -0.15) is 0 Å². The highest BCUT2D eigenvalue weighted by molar-refractivity contribution is 9.10. The lowest BCUT2D eigenvalue weighted by molar-refractivity contribution is 0.242. The van der Waals surface area contributed by atoms with Crippen LogP contribution in [0.2, 0.25) is 5.02 Å². The highest BCUT2D eigenvalue weighted by Gasteiger charge is 2.05. The summed E-state index contributed by atoms with van der Waals surface area (Å²) in [6.07, 6.45) is 0.0932. The highest BCUT2D eigenvalue weighted by atomic mass is 79.9. The Morgan fingerprint density at radius 3 is 2.62 bits per heavy atom. The fourth-order valence-electron chi connectivity index (χ4n) is 1.82. The number of ether oxygens (including phenoxy) is 1. The quantitative estimate of drug-likeness (QED) is 0.759. The number of hydrogen-bond acceptors (Lipinski definition) is 3. The van der Waals surface area contributed by atoms with Gasteiger partial charge in [0.05, 0.1) is 15.6 Å². The van der Waals surface area contributed by atoms with Gasteiger partial charge in [0.15, 0.2) is 0 Å². The minimum atomic E-state index is 0.0932. The van der Waals surface area contributed by atoms with Crippen molar-refractivity contribution in [3.8, 4) is 11.5 Å². The molecule has 0 heterocycles. The van der Waals surface area contributed by atoms with Crippen LogP contribution in [-0.2, 0) is 6.54 Å². The zero-order chi connectivity index (χ0) is 15.4. The van der Waals surface area contributed by atoms with E-state index in [1.165, 1.54) is 0 Å². The number of benzene rings is 2. The van der Waals surface area contributed by atoms with Crippen molar-refractivity contribution < 1.29 is 9.84 Å². The molecule has 0 amide bonds. The second-order valence-electron chi connectivity index (χ2n) is 4.95. The molecule has 0 saturated heterocycles. The van der Waals surface area contributed by atoms with Crippen molar-refractivity contribution in [1.29, 1.82) is 0 Å². The third-order valence-corrected chi connectivity index (χ3v) is 3.73. The zero-order valence-corrected chi connectivity index (χ0v) is 14.2.